The fraction of sp³-hybridized carbons (Fsp3) is 0.208. The maximum atomic E-state index is 14.0. The van der Waals surface area contributed by atoms with Crippen LogP contribution in [0, 0.1) is 0 Å². The van der Waals surface area contributed by atoms with Crippen molar-refractivity contribution in [2.75, 3.05) is 17.4 Å². The van der Waals surface area contributed by atoms with Gasteiger partial charge in [0.05, 0.1) is 5.69 Å². The molecule has 148 valence electrons. The number of carbonyl (C=O) groups excluding carboxylic acids is 1. The van der Waals surface area contributed by atoms with E-state index in [0.29, 0.717) is 18.0 Å². The summed E-state index contributed by atoms with van der Waals surface area (Å²) in [4.78, 5) is 14.0. The van der Waals surface area contributed by atoms with Gasteiger partial charge in [-0.2, -0.15) is 0 Å². The summed E-state index contributed by atoms with van der Waals surface area (Å²) in [6.07, 6.45) is 0.684. The number of rotatable bonds is 6. The molecule has 1 amide bonds. The van der Waals surface area contributed by atoms with Gasteiger partial charge in [0.1, 0.15) is 5.41 Å². The fourth-order valence-corrected chi connectivity index (χ4v) is 5.03. The molecule has 0 fully saturated rings. The summed E-state index contributed by atoms with van der Waals surface area (Å²) in [5.41, 5.74) is 3.26. The first-order valence-corrected chi connectivity index (χ1v) is 11.1. The van der Waals surface area contributed by atoms with Crippen LogP contribution in [-0.2, 0) is 16.8 Å². The van der Waals surface area contributed by atoms with Gasteiger partial charge in [-0.1, -0.05) is 94.3 Å². The average molecular weight is 470 g/mol. The first kappa shape index (κ1) is 20.1. The van der Waals surface area contributed by atoms with Crippen molar-refractivity contribution >= 4 is 39.1 Å². The molecule has 29 heavy (non-hydrogen) atoms. The van der Waals surface area contributed by atoms with Crippen LogP contribution in [0.3, 0.4) is 0 Å². The minimum absolute atomic E-state index is 0.0684. The Morgan fingerprint density at radius 1 is 0.966 bits per heavy atom. The number of hydrogen-bond acceptors (Lipinski definition) is 2. The number of hydrogen-bond donors (Lipinski definition) is 0. The van der Waals surface area contributed by atoms with Crippen LogP contribution in [0.15, 0.2) is 78.9 Å². The Balaban J connectivity index is 1.81. The quantitative estimate of drug-likeness (QED) is 0.426. The Bertz CT molecular complexity index is 1030. The molecule has 1 heterocycles. The Hall–Kier alpha value is -2.14. The molecule has 1 aliphatic rings. The average Bonchev–Trinajstić information content (AvgIpc) is 3.00. The standard InChI is InChI=1S/C24H22BrClN2O/c1-27(17-18-9-5-7-13-21(18)26)28-22-14-8-6-12-20(22)24(15-16-25,23(28)29)19-10-3-2-4-11-19/h2-14H,15-17H2,1H3. The van der Waals surface area contributed by atoms with E-state index in [1.807, 2.05) is 77.7 Å². The summed E-state index contributed by atoms with van der Waals surface area (Å²) in [6, 6.07) is 25.9. The lowest BCUT2D eigenvalue weighted by Crippen LogP contribution is -2.48. The van der Waals surface area contributed by atoms with Crippen molar-refractivity contribution in [2.45, 2.75) is 18.4 Å². The van der Waals surface area contributed by atoms with Crippen molar-refractivity contribution in [1.29, 1.82) is 0 Å². The molecular formula is C24H22BrClN2O. The van der Waals surface area contributed by atoms with E-state index in [0.717, 1.165) is 27.7 Å². The second-order valence-corrected chi connectivity index (χ2v) is 8.45. The Labute approximate surface area is 185 Å². The lowest BCUT2D eigenvalue weighted by molar-refractivity contribution is -0.124. The number of fused-ring (bicyclic) bond motifs is 1. The van der Waals surface area contributed by atoms with Gasteiger partial charge in [0.15, 0.2) is 0 Å². The highest BCUT2D eigenvalue weighted by atomic mass is 79.9. The van der Waals surface area contributed by atoms with Crippen LogP contribution < -0.4 is 5.01 Å². The van der Waals surface area contributed by atoms with Crippen molar-refractivity contribution < 1.29 is 4.79 Å². The lowest BCUT2D eigenvalue weighted by Gasteiger charge is -2.32. The van der Waals surface area contributed by atoms with E-state index in [9.17, 15) is 4.79 Å². The third-order valence-electron chi connectivity index (χ3n) is 5.58. The SMILES string of the molecule is CN(Cc1ccccc1Cl)N1C(=O)C(CCBr)(c2ccccc2)c2ccccc21. The van der Waals surface area contributed by atoms with Gasteiger partial charge in [-0.3, -0.25) is 4.79 Å². The van der Waals surface area contributed by atoms with E-state index in [2.05, 4.69) is 34.1 Å². The molecule has 0 saturated carbocycles. The molecule has 0 aliphatic carbocycles. The van der Waals surface area contributed by atoms with Gasteiger partial charge in [-0.25, -0.2) is 10.0 Å². The molecule has 0 N–H and O–H groups in total. The van der Waals surface area contributed by atoms with Crippen LogP contribution in [-0.4, -0.2) is 23.3 Å². The molecule has 0 saturated heterocycles. The first-order valence-electron chi connectivity index (χ1n) is 9.59. The van der Waals surface area contributed by atoms with Gasteiger partial charge in [0.25, 0.3) is 5.91 Å². The molecule has 1 unspecified atom stereocenters. The second kappa shape index (κ2) is 8.31. The van der Waals surface area contributed by atoms with Gasteiger partial charge in [-0.05, 0) is 35.2 Å². The summed E-state index contributed by atoms with van der Waals surface area (Å²) >= 11 is 9.97. The van der Waals surface area contributed by atoms with Gasteiger partial charge < -0.3 is 0 Å². The largest absolute Gasteiger partial charge is 0.272 e. The van der Waals surface area contributed by atoms with Crippen LogP contribution >= 0.6 is 27.5 Å². The van der Waals surface area contributed by atoms with E-state index in [1.165, 1.54) is 0 Å². The molecule has 4 rings (SSSR count). The molecular weight excluding hydrogens is 448 g/mol. The monoisotopic (exact) mass is 468 g/mol. The third kappa shape index (κ3) is 3.39. The molecule has 0 aromatic heterocycles. The smallest absolute Gasteiger partial charge is 0.256 e. The van der Waals surface area contributed by atoms with Gasteiger partial charge in [-0.15, -0.1) is 0 Å². The van der Waals surface area contributed by atoms with E-state index in [1.54, 1.807) is 0 Å². The topological polar surface area (TPSA) is 23.6 Å². The highest BCUT2D eigenvalue weighted by Crippen LogP contribution is 2.49. The van der Waals surface area contributed by atoms with Crippen molar-refractivity contribution in [3.05, 3.63) is 101 Å². The highest BCUT2D eigenvalue weighted by Gasteiger charge is 2.52. The highest BCUT2D eigenvalue weighted by molar-refractivity contribution is 9.09. The molecule has 5 heteroatoms. The molecule has 1 atom stereocenters. The van der Waals surface area contributed by atoms with Crippen LogP contribution in [0.2, 0.25) is 5.02 Å². The van der Waals surface area contributed by atoms with Crippen molar-refractivity contribution in [3.8, 4) is 0 Å². The number of benzene rings is 3. The lowest BCUT2D eigenvalue weighted by atomic mass is 9.73. The molecule has 3 aromatic rings. The summed E-state index contributed by atoms with van der Waals surface area (Å²) in [7, 11) is 1.94. The van der Waals surface area contributed by atoms with E-state index in [4.69, 9.17) is 11.6 Å². The minimum Gasteiger partial charge on any atom is -0.272 e. The van der Waals surface area contributed by atoms with Crippen LogP contribution in [0.5, 0.6) is 0 Å². The zero-order valence-corrected chi connectivity index (χ0v) is 18.5. The maximum absolute atomic E-state index is 14.0. The molecule has 0 bridgehead atoms. The second-order valence-electron chi connectivity index (χ2n) is 7.25. The normalized spacial score (nSPS) is 18.3. The van der Waals surface area contributed by atoms with Crippen molar-refractivity contribution in [3.63, 3.8) is 0 Å². The van der Waals surface area contributed by atoms with Crippen molar-refractivity contribution in [2.24, 2.45) is 0 Å². The number of nitrogens with zero attached hydrogens (tertiary/aromatic N) is 2. The van der Waals surface area contributed by atoms with Gasteiger partial charge in [0.2, 0.25) is 0 Å². The first-order chi connectivity index (χ1) is 14.1. The minimum atomic E-state index is -0.712. The fourth-order valence-electron chi connectivity index (χ4n) is 4.24. The van der Waals surface area contributed by atoms with Gasteiger partial charge >= 0.3 is 0 Å². The van der Waals surface area contributed by atoms with E-state index < -0.39 is 5.41 Å². The van der Waals surface area contributed by atoms with Crippen molar-refractivity contribution in [1.82, 2.24) is 5.01 Å². The summed E-state index contributed by atoms with van der Waals surface area (Å²) in [5, 5.41) is 5.20. The Morgan fingerprint density at radius 2 is 1.62 bits per heavy atom. The number of amides is 1. The maximum Gasteiger partial charge on any atom is 0.256 e. The van der Waals surface area contributed by atoms with E-state index >= 15 is 0 Å². The van der Waals surface area contributed by atoms with Crippen LogP contribution in [0.25, 0.3) is 0 Å². The molecule has 1 aliphatic heterocycles. The van der Waals surface area contributed by atoms with Crippen LogP contribution in [0.4, 0.5) is 5.69 Å². The van der Waals surface area contributed by atoms with Gasteiger partial charge in [0, 0.05) is 23.9 Å². The number of anilines is 1. The zero-order chi connectivity index (χ0) is 20.4. The van der Waals surface area contributed by atoms with E-state index in [-0.39, 0.29) is 5.91 Å². The number of carbonyl (C=O) groups is 1. The summed E-state index contributed by atoms with van der Waals surface area (Å²) in [6.45, 7) is 0.541. The molecule has 0 spiro atoms. The Kier molecular flexibility index (Phi) is 5.77. The molecule has 3 nitrogen and oxygen atoms in total. The predicted molar refractivity (Wildman–Crippen MR) is 122 cm³/mol. The summed E-state index contributed by atoms with van der Waals surface area (Å²) < 4.78 is 0. The number of halogens is 2. The summed E-state index contributed by atoms with van der Waals surface area (Å²) in [5.74, 6) is 0.0684. The number of hydrazine groups is 1. The predicted octanol–water partition coefficient (Wildman–Crippen LogP) is 5.80. The zero-order valence-electron chi connectivity index (χ0n) is 16.2. The molecule has 3 aromatic carbocycles. The molecule has 0 radical (unpaired) electrons. The Morgan fingerprint density at radius 3 is 2.34 bits per heavy atom. The number of alkyl halides is 1. The number of para-hydroxylation sites is 1. The van der Waals surface area contributed by atoms with Crippen LogP contribution in [0.1, 0.15) is 23.1 Å². The third-order valence-corrected chi connectivity index (χ3v) is 6.35.